The molecule has 0 N–H and O–H groups in total. The molecule has 3 nitrogen and oxygen atoms in total. The lowest BCUT2D eigenvalue weighted by Crippen LogP contribution is -2.26. The Balaban J connectivity index is 2.17. The van der Waals surface area contributed by atoms with Gasteiger partial charge in [-0.3, -0.25) is 4.79 Å². The molecular weight excluding hydrogens is 294 g/mol. The second-order valence-electron chi connectivity index (χ2n) is 4.28. The maximum Gasteiger partial charge on any atom is 0.255 e. The fraction of sp³-hybridized carbons (Fsp3) is 0.214. The number of rotatable bonds is 3. The van der Waals surface area contributed by atoms with Crippen LogP contribution in [0.15, 0.2) is 45.7 Å². The van der Waals surface area contributed by atoms with E-state index >= 15 is 0 Å². The van der Waals surface area contributed by atoms with E-state index in [0.29, 0.717) is 12.1 Å². The zero-order valence-corrected chi connectivity index (χ0v) is 11.9. The third kappa shape index (κ3) is 2.82. The van der Waals surface area contributed by atoms with Crippen molar-refractivity contribution in [1.82, 2.24) is 4.90 Å². The van der Waals surface area contributed by atoms with Crippen LogP contribution in [0.4, 0.5) is 0 Å². The molecule has 0 saturated heterocycles. The second-order valence-corrected chi connectivity index (χ2v) is 5.13. The molecule has 1 amide bonds. The van der Waals surface area contributed by atoms with E-state index in [0.717, 1.165) is 15.6 Å². The van der Waals surface area contributed by atoms with Crippen LogP contribution in [0.3, 0.4) is 0 Å². The number of hydrogen-bond acceptors (Lipinski definition) is 2. The summed E-state index contributed by atoms with van der Waals surface area (Å²) < 4.78 is 5.81. The van der Waals surface area contributed by atoms with E-state index < -0.39 is 0 Å². The van der Waals surface area contributed by atoms with Crippen molar-refractivity contribution in [2.75, 3.05) is 7.05 Å². The summed E-state index contributed by atoms with van der Waals surface area (Å²) in [6.07, 6.45) is 3.26. The second kappa shape index (κ2) is 5.40. The minimum absolute atomic E-state index is 0.00762. The van der Waals surface area contributed by atoms with Crippen molar-refractivity contribution < 1.29 is 9.21 Å². The van der Waals surface area contributed by atoms with Gasteiger partial charge in [0, 0.05) is 23.6 Å². The highest BCUT2D eigenvalue weighted by atomic mass is 79.9. The number of amides is 1. The number of benzene rings is 1. The maximum absolute atomic E-state index is 12.3. The average molecular weight is 308 g/mol. The van der Waals surface area contributed by atoms with E-state index in [2.05, 4.69) is 15.9 Å². The third-order valence-corrected chi connectivity index (χ3v) is 3.39. The Morgan fingerprint density at radius 3 is 2.83 bits per heavy atom. The van der Waals surface area contributed by atoms with Crippen molar-refractivity contribution in [2.45, 2.75) is 13.5 Å². The zero-order valence-electron chi connectivity index (χ0n) is 10.3. The van der Waals surface area contributed by atoms with Gasteiger partial charge in [0.1, 0.15) is 0 Å². The van der Waals surface area contributed by atoms with Crippen LogP contribution in [-0.2, 0) is 6.54 Å². The highest BCUT2D eigenvalue weighted by molar-refractivity contribution is 9.10. The van der Waals surface area contributed by atoms with Crippen molar-refractivity contribution in [3.05, 3.63) is 58.0 Å². The molecular formula is C14H14BrNO2. The number of carbonyl (C=O) groups excluding carboxylic acids is 1. The lowest BCUT2D eigenvalue weighted by Gasteiger charge is -2.17. The number of aryl methyl sites for hydroxylation is 1. The molecule has 2 rings (SSSR count). The van der Waals surface area contributed by atoms with Crippen LogP contribution in [0.25, 0.3) is 0 Å². The Morgan fingerprint density at radius 1 is 1.39 bits per heavy atom. The first-order chi connectivity index (χ1) is 8.58. The molecule has 0 atom stereocenters. The molecule has 0 aliphatic carbocycles. The summed E-state index contributed by atoms with van der Waals surface area (Å²) in [7, 11) is 1.78. The van der Waals surface area contributed by atoms with E-state index in [9.17, 15) is 4.79 Å². The van der Waals surface area contributed by atoms with E-state index in [1.807, 2.05) is 31.2 Å². The topological polar surface area (TPSA) is 33.5 Å². The van der Waals surface area contributed by atoms with Crippen LogP contribution in [0.1, 0.15) is 21.5 Å². The van der Waals surface area contributed by atoms with Crippen LogP contribution in [-0.4, -0.2) is 17.9 Å². The first kappa shape index (κ1) is 12.9. The Hall–Kier alpha value is -1.55. The van der Waals surface area contributed by atoms with Gasteiger partial charge in [-0.15, -0.1) is 0 Å². The molecule has 0 fully saturated rings. The summed E-state index contributed by atoms with van der Waals surface area (Å²) in [5.41, 5.74) is 2.73. The molecule has 0 saturated carbocycles. The fourth-order valence-electron chi connectivity index (χ4n) is 1.74. The molecule has 0 unspecified atom stereocenters. The summed E-state index contributed by atoms with van der Waals surface area (Å²) in [5, 5.41) is 0. The van der Waals surface area contributed by atoms with Crippen LogP contribution in [0.2, 0.25) is 0 Å². The van der Waals surface area contributed by atoms with Crippen LogP contribution < -0.4 is 0 Å². The molecule has 1 aromatic heterocycles. The van der Waals surface area contributed by atoms with Gasteiger partial charge in [0.15, 0.2) is 0 Å². The predicted octanol–water partition coefficient (Wildman–Crippen LogP) is 3.62. The molecule has 0 radical (unpaired) electrons. The van der Waals surface area contributed by atoms with Crippen molar-refractivity contribution >= 4 is 21.8 Å². The highest BCUT2D eigenvalue weighted by Crippen LogP contribution is 2.20. The molecule has 2 aromatic rings. The minimum Gasteiger partial charge on any atom is -0.472 e. The van der Waals surface area contributed by atoms with Gasteiger partial charge in [0.05, 0.1) is 18.1 Å². The molecule has 1 aromatic carbocycles. The van der Waals surface area contributed by atoms with E-state index in [1.54, 1.807) is 24.5 Å². The number of carbonyl (C=O) groups is 1. The number of nitrogens with zero attached hydrogens (tertiary/aromatic N) is 1. The van der Waals surface area contributed by atoms with Gasteiger partial charge in [-0.1, -0.05) is 11.6 Å². The van der Waals surface area contributed by atoms with Crippen molar-refractivity contribution in [3.8, 4) is 0 Å². The Morgan fingerprint density at radius 2 is 2.17 bits per heavy atom. The summed E-state index contributed by atoms with van der Waals surface area (Å²) in [4.78, 5) is 14.0. The first-order valence-electron chi connectivity index (χ1n) is 5.60. The average Bonchev–Trinajstić information content (AvgIpc) is 2.84. The number of furan rings is 1. The summed E-state index contributed by atoms with van der Waals surface area (Å²) >= 11 is 3.41. The smallest absolute Gasteiger partial charge is 0.255 e. The molecule has 18 heavy (non-hydrogen) atoms. The fourth-order valence-corrected chi connectivity index (χ4v) is 2.15. The molecule has 94 valence electrons. The van der Waals surface area contributed by atoms with E-state index in [1.165, 1.54) is 0 Å². The first-order valence-corrected chi connectivity index (χ1v) is 6.40. The molecule has 1 heterocycles. The minimum atomic E-state index is -0.00762. The quantitative estimate of drug-likeness (QED) is 0.867. The Kier molecular flexibility index (Phi) is 3.87. The van der Waals surface area contributed by atoms with Gasteiger partial charge >= 0.3 is 0 Å². The monoisotopic (exact) mass is 307 g/mol. The largest absolute Gasteiger partial charge is 0.472 e. The number of hydrogen-bond donors (Lipinski definition) is 0. The molecule has 0 spiro atoms. The molecule has 4 heteroatoms. The van der Waals surface area contributed by atoms with Gasteiger partial charge in [0.25, 0.3) is 5.91 Å². The van der Waals surface area contributed by atoms with Gasteiger partial charge < -0.3 is 9.32 Å². The summed E-state index contributed by atoms with van der Waals surface area (Å²) in [6, 6.07) is 7.61. The SMILES string of the molecule is Cc1ccc(Br)c(C(=O)N(C)Cc2ccoc2)c1. The third-order valence-electron chi connectivity index (χ3n) is 2.70. The Labute approximate surface area is 115 Å². The van der Waals surface area contributed by atoms with E-state index in [4.69, 9.17) is 4.42 Å². The van der Waals surface area contributed by atoms with Crippen LogP contribution >= 0.6 is 15.9 Å². The number of halogens is 1. The van der Waals surface area contributed by atoms with Crippen LogP contribution in [0.5, 0.6) is 0 Å². The molecule has 0 aliphatic heterocycles. The zero-order chi connectivity index (χ0) is 13.1. The lowest BCUT2D eigenvalue weighted by atomic mass is 10.1. The van der Waals surface area contributed by atoms with E-state index in [-0.39, 0.29) is 5.91 Å². The van der Waals surface area contributed by atoms with Crippen molar-refractivity contribution in [3.63, 3.8) is 0 Å². The van der Waals surface area contributed by atoms with Crippen molar-refractivity contribution in [1.29, 1.82) is 0 Å². The summed E-state index contributed by atoms with van der Waals surface area (Å²) in [5.74, 6) is -0.00762. The lowest BCUT2D eigenvalue weighted by molar-refractivity contribution is 0.0784. The summed E-state index contributed by atoms with van der Waals surface area (Å²) in [6.45, 7) is 2.51. The standard InChI is InChI=1S/C14H14BrNO2/c1-10-3-4-13(15)12(7-10)14(17)16(2)8-11-5-6-18-9-11/h3-7,9H,8H2,1-2H3. The van der Waals surface area contributed by atoms with Crippen molar-refractivity contribution in [2.24, 2.45) is 0 Å². The maximum atomic E-state index is 12.3. The van der Waals surface area contributed by atoms with Crippen LogP contribution in [0, 0.1) is 6.92 Å². The van der Waals surface area contributed by atoms with Gasteiger partial charge in [-0.2, -0.15) is 0 Å². The van der Waals surface area contributed by atoms with Gasteiger partial charge in [-0.25, -0.2) is 0 Å². The predicted molar refractivity (Wildman–Crippen MR) is 73.4 cm³/mol. The highest BCUT2D eigenvalue weighted by Gasteiger charge is 2.15. The Bertz CT molecular complexity index is 549. The van der Waals surface area contributed by atoms with Gasteiger partial charge in [-0.05, 0) is 41.1 Å². The van der Waals surface area contributed by atoms with Gasteiger partial charge in [0.2, 0.25) is 0 Å². The molecule has 0 aliphatic rings. The molecule has 0 bridgehead atoms. The normalized spacial score (nSPS) is 10.4.